The standard InChI is InChI=1S/C33H57NO/c1-3-4-27-35-31-25-23-29(24-26-31)33-32-22-20-18-16-14-12-10-8-6-5-7-9-11-13-15-17-19-21-30(32)28-34(33)2/h23-26,30,32-33H,3-22,27-28H2,1-2H3. The zero-order chi connectivity index (χ0) is 24.6. The maximum atomic E-state index is 5.95. The first-order valence-electron chi connectivity index (χ1n) is 15.7. The van der Waals surface area contributed by atoms with Gasteiger partial charge in [-0.15, -0.1) is 0 Å². The summed E-state index contributed by atoms with van der Waals surface area (Å²) in [4.78, 5) is 2.68. The summed E-state index contributed by atoms with van der Waals surface area (Å²) in [5.74, 6) is 2.73. The quantitative estimate of drug-likeness (QED) is 0.386. The molecule has 3 unspecified atom stereocenters. The maximum Gasteiger partial charge on any atom is 0.119 e. The number of fused-ring (bicyclic) bond motifs is 1. The van der Waals surface area contributed by atoms with Crippen LogP contribution in [-0.4, -0.2) is 25.1 Å². The molecule has 0 radical (unpaired) electrons. The van der Waals surface area contributed by atoms with Gasteiger partial charge in [0, 0.05) is 12.6 Å². The third kappa shape index (κ3) is 10.5. The zero-order valence-electron chi connectivity index (χ0n) is 23.5. The van der Waals surface area contributed by atoms with E-state index < -0.39 is 0 Å². The summed E-state index contributed by atoms with van der Waals surface area (Å²) in [7, 11) is 2.38. The second kappa shape index (κ2) is 17.4. The van der Waals surface area contributed by atoms with E-state index in [1.54, 1.807) is 0 Å². The summed E-state index contributed by atoms with van der Waals surface area (Å²) >= 11 is 0. The number of rotatable bonds is 5. The van der Waals surface area contributed by atoms with Crippen molar-refractivity contribution >= 4 is 0 Å². The number of likely N-dealkylation sites (tertiary alicyclic amines) is 1. The molecule has 35 heavy (non-hydrogen) atoms. The van der Waals surface area contributed by atoms with Crippen molar-refractivity contribution < 1.29 is 4.74 Å². The number of benzene rings is 1. The molecular weight excluding hydrogens is 426 g/mol. The van der Waals surface area contributed by atoms with Crippen LogP contribution in [0.4, 0.5) is 0 Å². The molecule has 0 spiro atoms. The van der Waals surface area contributed by atoms with Gasteiger partial charge < -0.3 is 4.74 Å². The van der Waals surface area contributed by atoms with Gasteiger partial charge in [0.1, 0.15) is 5.75 Å². The highest BCUT2D eigenvalue weighted by Crippen LogP contribution is 2.45. The van der Waals surface area contributed by atoms with E-state index in [0.717, 1.165) is 30.6 Å². The molecule has 1 aromatic rings. The fourth-order valence-corrected chi connectivity index (χ4v) is 6.76. The van der Waals surface area contributed by atoms with E-state index in [0.29, 0.717) is 6.04 Å². The highest BCUT2D eigenvalue weighted by atomic mass is 16.5. The fraction of sp³-hybridized carbons (Fsp3) is 0.818. The third-order valence-electron chi connectivity index (χ3n) is 8.86. The number of ether oxygens (including phenoxy) is 1. The van der Waals surface area contributed by atoms with Crippen molar-refractivity contribution in [3.05, 3.63) is 29.8 Å². The van der Waals surface area contributed by atoms with E-state index in [-0.39, 0.29) is 0 Å². The lowest BCUT2D eigenvalue weighted by Gasteiger charge is -2.27. The first kappa shape index (κ1) is 28.5. The lowest BCUT2D eigenvalue weighted by atomic mass is 9.80. The molecule has 2 fully saturated rings. The fourth-order valence-electron chi connectivity index (χ4n) is 6.76. The van der Waals surface area contributed by atoms with Gasteiger partial charge in [0.2, 0.25) is 0 Å². The molecule has 2 aliphatic rings. The van der Waals surface area contributed by atoms with E-state index in [1.807, 2.05) is 0 Å². The molecule has 1 saturated heterocycles. The van der Waals surface area contributed by atoms with Crippen molar-refractivity contribution in [2.75, 3.05) is 20.2 Å². The topological polar surface area (TPSA) is 12.5 Å². The van der Waals surface area contributed by atoms with Crippen molar-refractivity contribution in [2.24, 2.45) is 11.8 Å². The van der Waals surface area contributed by atoms with Gasteiger partial charge in [-0.05, 0) is 55.8 Å². The Morgan fingerprint density at radius 2 is 1.17 bits per heavy atom. The minimum Gasteiger partial charge on any atom is -0.494 e. The molecule has 0 N–H and O–H groups in total. The van der Waals surface area contributed by atoms with Gasteiger partial charge in [-0.25, -0.2) is 0 Å². The van der Waals surface area contributed by atoms with Crippen molar-refractivity contribution in [1.82, 2.24) is 4.90 Å². The number of hydrogen-bond donors (Lipinski definition) is 0. The zero-order valence-corrected chi connectivity index (χ0v) is 23.5. The average Bonchev–Trinajstić information content (AvgIpc) is 3.18. The van der Waals surface area contributed by atoms with Crippen LogP contribution in [0.2, 0.25) is 0 Å². The normalized spacial score (nSPS) is 27.2. The number of hydrogen-bond acceptors (Lipinski definition) is 2. The Kier molecular flexibility index (Phi) is 14.2. The van der Waals surface area contributed by atoms with Crippen molar-refractivity contribution in [3.8, 4) is 5.75 Å². The molecule has 0 bridgehead atoms. The molecule has 0 aromatic heterocycles. The SMILES string of the molecule is CCCCOc1ccc(C2C3CCCCCCCCCCCCCCCCCCC3CN2C)cc1. The minimum absolute atomic E-state index is 0.586. The predicted molar refractivity (Wildman–Crippen MR) is 152 cm³/mol. The van der Waals surface area contributed by atoms with Crippen LogP contribution in [0.1, 0.15) is 147 Å². The predicted octanol–water partition coefficient (Wildman–Crippen LogP) is 10.1. The largest absolute Gasteiger partial charge is 0.494 e. The molecule has 3 rings (SSSR count). The highest BCUT2D eigenvalue weighted by Gasteiger charge is 2.39. The molecule has 2 nitrogen and oxygen atoms in total. The number of unbranched alkanes of at least 4 members (excludes halogenated alkanes) is 1. The van der Waals surface area contributed by atoms with Gasteiger partial charge in [0.25, 0.3) is 0 Å². The molecule has 1 heterocycles. The van der Waals surface area contributed by atoms with Gasteiger partial charge in [-0.3, -0.25) is 4.90 Å². The van der Waals surface area contributed by atoms with Crippen LogP contribution >= 0.6 is 0 Å². The minimum atomic E-state index is 0.586. The van der Waals surface area contributed by atoms with Gasteiger partial charge in [0.05, 0.1) is 6.61 Å². The Morgan fingerprint density at radius 3 is 1.69 bits per heavy atom. The van der Waals surface area contributed by atoms with Crippen LogP contribution in [0, 0.1) is 11.8 Å². The first-order valence-corrected chi connectivity index (χ1v) is 15.7. The Balaban J connectivity index is 1.57. The summed E-state index contributed by atoms with van der Waals surface area (Å²) < 4.78 is 5.95. The first-order chi connectivity index (χ1) is 17.3. The molecule has 3 atom stereocenters. The molecule has 1 aliphatic carbocycles. The lowest BCUT2D eigenvalue weighted by Crippen LogP contribution is -2.21. The summed E-state index contributed by atoms with van der Waals surface area (Å²) in [5.41, 5.74) is 1.51. The Hall–Kier alpha value is -1.02. The monoisotopic (exact) mass is 483 g/mol. The summed E-state index contributed by atoms with van der Waals surface area (Å²) in [6.07, 6.45) is 28.5. The lowest BCUT2D eigenvalue weighted by molar-refractivity contribution is 0.256. The summed E-state index contributed by atoms with van der Waals surface area (Å²) in [6, 6.07) is 9.75. The van der Waals surface area contributed by atoms with Gasteiger partial charge in [0.15, 0.2) is 0 Å². The van der Waals surface area contributed by atoms with Gasteiger partial charge in [-0.1, -0.05) is 128 Å². The van der Waals surface area contributed by atoms with E-state index in [2.05, 4.69) is 43.1 Å². The molecule has 2 heteroatoms. The van der Waals surface area contributed by atoms with Crippen LogP contribution in [0.25, 0.3) is 0 Å². The Morgan fingerprint density at radius 1 is 0.686 bits per heavy atom. The van der Waals surface area contributed by atoms with Crippen LogP contribution in [0.3, 0.4) is 0 Å². The van der Waals surface area contributed by atoms with E-state index in [9.17, 15) is 0 Å². The smallest absolute Gasteiger partial charge is 0.119 e. The third-order valence-corrected chi connectivity index (χ3v) is 8.86. The van der Waals surface area contributed by atoms with Gasteiger partial charge >= 0.3 is 0 Å². The molecule has 200 valence electrons. The Labute approximate surface area is 218 Å². The second-order valence-corrected chi connectivity index (χ2v) is 11.8. The van der Waals surface area contributed by atoms with Gasteiger partial charge in [-0.2, -0.15) is 0 Å². The maximum absolute atomic E-state index is 5.95. The van der Waals surface area contributed by atoms with Crippen molar-refractivity contribution in [3.63, 3.8) is 0 Å². The average molecular weight is 484 g/mol. The van der Waals surface area contributed by atoms with Crippen molar-refractivity contribution in [2.45, 2.75) is 141 Å². The second-order valence-electron chi connectivity index (χ2n) is 11.8. The van der Waals surface area contributed by atoms with E-state index >= 15 is 0 Å². The van der Waals surface area contributed by atoms with Crippen molar-refractivity contribution in [1.29, 1.82) is 0 Å². The molecule has 0 amide bonds. The van der Waals surface area contributed by atoms with Crippen LogP contribution in [0.5, 0.6) is 5.75 Å². The van der Waals surface area contributed by atoms with Crippen LogP contribution in [-0.2, 0) is 0 Å². The molecular formula is C33H57NO. The highest BCUT2D eigenvalue weighted by molar-refractivity contribution is 5.30. The molecule has 1 aromatic carbocycles. The summed E-state index contributed by atoms with van der Waals surface area (Å²) in [6.45, 7) is 4.34. The van der Waals surface area contributed by atoms with E-state index in [1.165, 1.54) is 134 Å². The van der Waals surface area contributed by atoms with Crippen LogP contribution in [0.15, 0.2) is 24.3 Å². The Bertz CT molecular complexity index is 641. The summed E-state index contributed by atoms with van der Waals surface area (Å²) in [5, 5.41) is 0. The van der Waals surface area contributed by atoms with Crippen LogP contribution < -0.4 is 4.74 Å². The molecule has 1 aliphatic heterocycles. The van der Waals surface area contributed by atoms with E-state index in [4.69, 9.17) is 4.74 Å². The molecule has 1 saturated carbocycles. The number of nitrogens with zero attached hydrogens (tertiary/aromatic N) is 1.